The molecule has 2 heterocycles. The van der Waals surface area contributed by atoms with Crippen molar-refractivity contribution in [3.63, 3.8) is 0 Å². The van der Waals surface area contributed by atoms with Crippen LogP contribution in [0.4, 0.5) is 0 Å². The van der Waals surface area contributed by atoms with Gasteiger partial charge in [0.05, 0.1) is 5.60 Å². The molecule has 1 fully saturated rings. The van der Waals surface area contributed by atoms with Crippen LogP contribution >= 0.6 is 0 Å². The van der Waals surface area contributed by atoms with Gasteiger partial charge in [0.1, 0.15) is 5.65 Å². The fraction of sp³-hybridized carbons (Fsp3) is 0.364. The van der Waals surface area contributed by atoms with Gasteiger partial charge in [-0.15, -0.1) is 0 Å². The molecule has 0 bridgehead atoms. The minimum Gasteiger partial charge on any atom is -0.385 e. The van der Waals surface area contributed by atoms with Crippen LogP contribution in [-0.2, 0) is 12.6 Å². The maximum Gasteiger partial charge on any atom is 0.139 e. The number of aryl methyl sites for hydroxylation is 1. The van der Waals surface area contributed by atoms with Crippen molar-refractivity contribution in [3.05, 3.63) is 30.1 Å². The van der Waals surface area contributed by atoms with Crippen molar-refractivity contribution in [1.29, 1.82) is 0 Å². The molecule has 0 radical (unpaired) electrons. The van der Waals surface area contributed by atoms with Crippen molar-refractivity contribution in [2.24, 2.45) is 7.05 Å². The number of hydrogen-bond acceptors (Lipinski definition) is 2. The predicted octanol–water partition coefficient (Wildman–Crippen LogP) is 1.55. The molecule has 0 atom stereocenters. The van der Waals surface area contributed by atoms with Crippen molar-refractivity contribution < 1.29 is 5.11 Å². The molecule has 3 nitrogen and oxygen atoms in total. The second-order valence-corrected chi connectivity index (χ2v) is 4.06. The van der Waals surface area contributed by atoms with Crippen molar-refractivity contribution in [2.75, 3.05) is 0 Å². The SMILES string of the molecule is Cn1cc(C2(O)CC2)c2cccnc21. The molecule has 3 rings (SSSR count). The number of aliphatic hydroxyl groups is 1. The van der Waals surface area contributed by atoms with Crippen molar-refractivity contribution in [1.82, 2.24) is 9.55 Å². The Morgan fingerprint density at radius 2 is 2.29 bits per heavy atom. The Morgan fingerprint density at radius 1 is 1.50 bits per heavy atom. The summed E-state index contributed by atoms with van der Waals surface area (Å²) in [6, 6.07) is 3.94. The first-order chi connectivity index (χ1) is 6.71. The average molecular weight is 188 g/mol. The molecule has 0 amide bonds. The number of fused-ring (bicyclic) bond motifs is 1. The molecule has 3 heteroatoms. The molecule has 1 saturated carbocycles. The summed E-state index contributed by atoms with van der Waals surface area (Å²) in [5, 5.41) is 11.1. The second-order valence-electron chi connectivity index (χ2n) is 4.06. The number of pyridine rings is 1. The van der Waals surface area contributed by atoms with Gasteiger partial charge in [0, 0.05) is 30.4 Å². The van der Waals surface area contributed by atoms with Crippen LogP contribution in [0.25, 0.3) is 11.0 Å². The first kappa shape index (κ1) is 8.00. The molecule has 1 aliphatic carbocycles. The van der Waals surface area contributed by atoms with Crippen molar-refractivity contribution in [2.45, 2.75) is 18.4 Å². The van der Waals surface area contributed by atoms with Crippen molar-refractivity contribution >= 4 is 11.0 Å². The maximum absolute atomic E-state index is 10.1. The van der Waals surface area contributed by atoms with Gasteiger partial charge in [-0.05, 0) is 25.0 Å². The summed E-state index contributed by atoms with van der Waals surface area (Å²) in [5.74, 6) is 0. The lowest BCUT2D eigenvalue weighted by Gasteiger charge is -2.04. The van der Waals surface area contributed by atoms with E-state index in [1.807, 2.05) is 29.9 Å². The summed E-state index contributed by atoms with van der Waals surface area (Å²) in [4.78, 5) is 4.29. The Balaban J connectivity index is 2.34. The van der Waals surface area contributed by atoms with E-state index in [1.165, 1.54) is 0 Å². The molecular formula is C11H12N2O. The summed E-state index contributed by atoms with van der Waals surface area (Å²) in [6.07, 6.45) is 5.52. The number of nitrogens with zero attached hydrogens (tertiary/aromatic N) is 2. The minimum atomic E-state index is -0.567. The normalized spacial score (nSPS) is 18.7. The smallest absolute Gasteiger partial charge is 0.139 e. The molecule has 0 spiro atoms. The molecule has 0 aromatic carbocycles. The van der Waals surface area contributed by atoms with Gasteiger partial charge in [0.15, 0.2) is 0 Å². The summed E-state index contributed by atoms with van der Waals surface area (Å²) >= 11 is 0. The predicted molar refractivity (Wildman–Crippen MR) is 53.8 cm³/mol. The molecule has 0 aliphatic heterocycles. The third-order valence-electron chi connectivity index (χ3n) is 2.96. The zero-order valence-corrected chi connectivity index (χ0v) is 8.07. The van der Waals surface area contributed by atoms with Crippen LogP contribution in [0, 0.1) is 0 Å². The van der Waals surface area contributed by atoms with Crippen LogP contribution < -0.4 is 0 Å². The standard InChI is InChI=1S/C11H12N2O/c1-13-7-9(11(14)4-5-11)8-3-2-6-12-10(8)13/h2-3,6-7,14H,4-5H2,1H3. The molecule has 1 N–H and O–H groups in total. The molecule has 0 unspecified atom stereocenters. The van der Waals surface area contributed by atoms with E-state index in [9.17, 15) is 5.11 Å². The van der Waals surface area contributed by atoms with Gasteiger partial charge < -0.3 is 9.67 Å². The van der Waals surface area contributed by atoms with Crippen LogP contribution in [0.15, 0.2) is 24.5 Å². The molecule has 2 aromatic heterocycles. The van der Waals surface area contributed by atoms with E-state index in [0.29, 0.717) is 0 Å². The van der Waals surface area contributed by atoms with E-state index < -0.39 is 5.60 Å². The highest BCUT2D eigenvalue weighted by molar-refractivity contribution is 5.81. The average Bonchev–Trinajstić information content (AvgIpc) is 2.84. The maximum atomic E-state index is 10.1. The van der Waals surface area contributed by atoms with E-state index >= 15 is 0 Å². The van der Waals surface area contributed by atoms with Gasteiger partial charge >= 0.3 is 0 Å². The second kappa shape index (κ2) is 2.36. The summed E-state index contributed by atoms with van der Waals surface area (Å²) in [7, 11) is 1.96. The highest BCUT2D eigenvalue weighted by Gasteiger charge is 2.44. The van der Waals surface area contributed by atoms with Crippen LogP contribution in [0.5, 0.6) is 0 Å². The van der Waals surface area contributed by atoms with Crippen LogP contribution in [0.2, 0.25) is 0 Å². The fourth-order valence-corrected chi connectivity index (χ4v) is 1.97. The first-order valence-electron chi connectivity index (χ1n) is 4.84. The molecular weight excluding hydrogens is 176 g/mol. The molecule has 0 saturated heterocycles. The fourth-order valence-electron chi connectivity index (χ4n) is 1.97. The monoisotopic (exact) mass is 188 g/mol. The lowest BCUT2D eigenvalue weighted by Crippen LogP contribution is -2.02. The van der Waals surface area contributed by atoms with E-state index in [2.05, 4.69) is 4.98 Å². The van der Waals surface area contributed by atoms with E-state index in [-0.39, 0.29) is 0 Å². The van der Waals surface area contributed by atoms with E-state index in [1.54, 1.807) is 6.20 Å². The van der Waals surface area contributed by atoms with E-state index in [4.69, 9.17) is 0 Å². The lowest BCUT2D eigenvalue weighted by atomic mass is 10.1. The van der Waals surface area contributed by atoms with E-state index in [0.717, 1.165) is 29.4 Å². The first-order valence-corrected chi connectivity index (χ1v) is 4.84. The Morgan fingerprint density at radius 3 is 3.00 bits per heavy atom. The zero-order chi connectivity index (χ0) is 9.76. The largest absolute Gasteiger partial charge is 0.385 e. The Hall–Kier alpha value is -1.35. The van der Waals surface area contributed by atoms with Gasteiger partial charge in [0.2, 0.25) is 0 Å². The van der Waals surface area contributed by atoms with Crippen LogP contribution in [0.3, 0.4) is 0 Å². The number of aromatic nitrogens is 2. The zero-order valence-electron chi connectivity index (χ0n) is 8.07. The number of rotatable bonds is 1. The van der Waals surface area contributed by atoms with Crippen LogP contribution in [0.1, 0.15) is 18.4 Å². The molecule has 14 heavy (non-hydrogen) atoms. The highest BCUT2D eigenvalue weighted by Crippen LogP contribution is 2.47. The van der Waals surface area contributed by atoms with Gasteiger partial charge in [-0.1, -0.05) is 0 Å². The topological polar surface area (TPSA) is 38.0 Å². The van der Waals surface area contributed by atoms with Gasteiger partial charge in [-0.25, -0.2) is 4.98 Å². The lowest BCUT2D eigenvalue weighted by molar-refractivity contribution is 0.153. The quantitative estimate of drug-likeness (QED) is 0.737. The summed E-state index contributed by atoms with van der Waals surface area (Å²) in [5.41, 5.74) is 1.41. The number of hydrogen-bond donors (Lipinski definition) is 1. The Labute approximate surface area is 82.0 Å². The summed E-state index contributed by atoms with van der Waals surface area (Å²) < 4.78 is 1.97. The van der Waals surface area contributed by atoms with Gasteiger partial charge in [-0.2, -0.15) is 0 Å². The summed E-state index contributed by atoms with van der Waals surface area (Å²) in [6.45, 7) is 0. The van der Waals surface area contributed by atoms with Gasteiger partial charge in [-0.3, -0.25) is 0 Å². The van der Waals surface area contributed by atoms with Crippen LogP contribution in [-0.4, -0.2) is 14.7 Å². The molecule has 1 aliphatic rings. The van der Waals surface area contributed by atoms with Crippen molar-refractivity contribution in [3.8, 4) is 0 Å². The highest BCUT2D eigenvalue weighted by atomic mass is 16.3. The third-order valence-corrected chi connectivity index (χ3v) is 2.96. The Bertz CT molecular complexity index is 497. The Kier molecular flexibility index (Phi) is 1.35. The van der Waals surface area contributed by atoms with Gasteiger partial charge in [0.25, 0.3) is 0 Å². The minimum absolute atomic E-state index is 0.567. The molecule has 72 valence electrons. The molecule has 2 aromatic rings. The third kappa shape index (κ3) is 0.930.